The molecule has 1 amide bonds. The topological polar surface area (TPSA) is 86.8 Å². The Morgan fingerprint density at radius 1 is 1.22 bits per heavy atom. The number of hydrogen-bond acceptors (Lipinski definition) is 5. The molecule has 4 heterocycles. The van der Waals surface area contributed by atoms with Crippen molar-refractivity contribution in [3.8, 4) is 11.3 Å². The lowest BCUT2D eigenvalue weighted by atomic mass is 9.96. The molecule has 2 N–H and O–H groups in total. The number of nitrogens with zero attached hydrogens (tertiary/aromatic N) is 4. The molecule has 1 aliphatic rings. The molecule has 0 aliphatic carbocycles. The SMILES string of the molecule is CC(=O)N1CCCC(c2nc(Nc3cccc(F)c3)cc(-c3cncc4cc[nH]c34)n2)C1. The molecule has 8 heteroatoms. The third kappa shape index (κ3) is 4.03. The van der Waals surface area contributed by atoms with E-state index in [1.54, 1.807) is 31.5 Å². The number of aromatic amines is 1. The Bertz CT molecular complexity index is 1290. The number of pyridine rings is 1. The van der Waals surface area contributed by atoms with Gasteiger partial charge in [0.1, 0.15) is 17.5 Å². The zero-order valence-electron chi connectivity index (χ0n) is 17.7. The number of rotatable bonds is 4. The van der Waals surface area contributed by atoms with Crippen LogP contribution in [0.3, 0.4) is 0 Å². The summed E-state index contributed by atoms with van der Waals surface area (Å²) in [5, 5.41) is 4.20. The first-order valence-electron chi connectivity index (χ1n) is 10.7. The summed E-state index contributed by atoms with van der Waals surface area (Å²) in [4.78, 5) is 31.1. The number of anilines is 2. The number of hydrogen-bond donors (Lipinski definition) is 2. The highest BCUT2D eigenvalue weighted by Gasteiger charge is 2.26. The Hall–Kier alpha value is -3.81. The molecule has 1 saturated heterocycles. The summed E-state index contributed by atoms with van der Waals surface area (Å²) >= 11 is 0. The summed E-state index contributed by atoms with van der Waals surface area (Å²) in [6.45, 7) is 2.93. The Morgan fingerprint density at radius 3 is 2.97 bits per heavy atom. The summed E-state index contributed by atoms with van der Waals surface area (Å²) in [6, 6.07) is 10.1. The molecule has 0 bridgehead atoms. The number of nitrogens with one attached hydrogen (secondary N) is 2. The van der Waals surface area contributed by atoms with Crippen LogP contribution in [0, 0.1) is 5.82 Å². The van der Waals surface area contributed by atoms with E-state index in [9.17, 15) is 9.18 Å². The monoisotopic (exact) mass is 430 g/mol. The second-order valence-electron chi connectivity index (χ2n) is 8.07. The maximum atomic E-state index is 13.7. The molecule has 1 atom stereocenters. The van der Waals surface area contributed by atoms with Gasteiger partial charge in [0.2, 0.25) is 5.91 Å². The van der Waals surface area contributed by atoms with Gasteiger partial charge >= 0.3 is 0 Å². The maximum absolute atomic E-state index is 13.7. The molecule has 3 aromatic heterocycles. The quantitative estimate of drug-likeness (QED) is 0.493. The number of aromatic nitrogens is 4. The molecule has 1 fully saturated rings. The third-order valence-corrected chi connectivity index (χ3v) is 5.81. The van der Waals surface area contributed by atoms with Gasteiger partial charge in [-0.15, -0.1) is 0 Å². The molecule has 5 rings (SSSR count). The number of benzene rings is 1. The van der Waals surface area contributed by atoms with Crippen LogP contribution in [-0.4, -0.2) is 43.8 Å². The lowest BCUT2D eigenvalue weighted by molar-refractivity contribution is -0.130. The minimum absolute atomic E-state index is 0.0245. The highest BCUT2D eigenvalue weighted by molar-refractivity contribution is 5.92. The molecule has 0 saturated carbocycles. The van der Waals surface area contributed by atoms with E-state index in [0.29, 0.717) is 23.9 Å². The van der Waals surface area contributed by atoms with Crippen molar-refractivity contribution in [3.63, 3.8) is 0 Å². The zero-order chi connectivity index (χ0) is 22.1. The average molecular weight is 430 g/mol. The number of halogens is 1. The van der Waals surface area contributed by atoms with Gasteiger partial charge in [-0.1, -0.05) is 6.07 Å². The van der Waals surface area contributed by atoms with Crippen LogP contribution in [0.2, 0.25) is 0 Å². The summed E-state index contributed by atoms with van der Waals surface area (Å²) < 4.78 is 13.7. The van der Waals surface area contributed by atoms with Crippen LogP contribution in [-0.2, 0) is 4.79 Å². The predicted molar refractivity (Wildman–Crippen MR) is 121 cm³/mol. The van der Waals surface area contributed by atoms with Crippen LogP contribution in [0.25, 0.3) is 22.2 Å². The normalized spacial score (nSPS) is 16.3. The van der Waals surface area contributed by atoms with E-state index in [1.165, 1.54) is 12.1 Å². The van der Waals surface area contributed by atoms with Crippen LogP contribution in [0.15, 0.2) is 55.0 Å². The minimum atomic E-state index is -0.325. The number of fused-ring (bicyclic) bond motifs is 1. The summed E-state index contributed by atoms with van der Waals surface area (Å²) in [5.41, 5.74) is 3.12. The van der Waals surface area contributed by atoms with Crippen molar-refractivity contribution < 1.29 is 9.18 Å². The molecular weight excluding hydrogens is 407 g/mol. The molecule has 32 heavy (non-hydrogen) atoms. The van der Waals surface area contributed by atoms with Gasteiger partial charge in [0.15, 0.2) is 0 Å². The summed E-state index contributed by atoms with van der Waals surface area (Å²) in [6.07, 6.45) is 7.25. The molecule has 7 nitrogen and oxygen atoms in total. The van der Waals surface area contributed by atoms with Gasteiger partial charge in [0.25, 0.3) is 0 Å². The lowest BCUT2D eigenvalue weighted by Crippen LogP contribution is -2.38. The van der Waals surface area contributed by atoms with Crippen LogP contribution < -0.4 is 5.32 Å². The van der Waals surface area contributed by atoms with E-state index in [1.807, 2.05) is 23.2 Å². The van der Waals surface area contributed by atoms with Gasteiger partial charge in [-0.25, -0.2) is 14.4 Å². The number of piperidine rings is 1. The minimum Gasteiger partial charge on any atom is -0.361 e. The Balaban J connectivity index is 1.59. The van der Waals surface area contributed by atoms with E-state index in [4.69, 9.17) is 9.97 Å². The van der Waals surface area contributed by atoms with E-state index >= 15 is 0 Å². The van der Waals surface area contributed by atoms with Gasteiger partial charge in [0, 0.05) is 67.2 Å². The molecule has 0 radical (unpaired) electrons. The summed E-state index contributed by atoms with van der Waals surface area (Å²) in [5.74, 6) is 0.991. The number of amides is 1. The van der Waals surface area contributed by atoms with Crippen molar-refractivity contribution in [2.24, 2.45) is 0 Å². The van der Waals surface area contributed by atoms with E-state index < -0.39 is 0 Å². The highest BCUT2D eigenvalue weighted by atomic mass is 19.1. The van der Waals surface area contributed by atoms with E-state index in [2.05, 4.69) is 15.3 Å². The largest absolute Gasteiger partial charge is 0.361 e. The van der Waals surface area contributed by atoms with Gasteiger partial charge in [0.05, 0.1) is 11.2 Å². The highest BCUT2D eigenvalue weighted by Crippen LogP contribution is 2.31. The smallest absolute Gasteiger partial charge is 0.219 e. The molecule has 0 spiro atoms. The van der Waals surface area contributed by atoms with Crippen molar-refractivity contribution in [1.82, 2.24) is 24.8 Å². The van der Waals surface area contributed by atoms with Crippen LogP contribution in [0.4, 0.5) is 15.9 Å². The first-order valence-corrected chi connectivity index (χ1v) is 10.7. The van der Waals surface area contributed by atoms with Crippen molar-refractivity contribution in [2.45, 2.75) is 25.7 Å². The Morgan fingerprint density at radius 2 is 2.12 bits per heavy atom. The average Bonchev–Trinajstić information content (AvgIpc) is 3.28. The van der Waals surface area contributed by atoms with E-state index in [-0.39, 0.29) is 17.6 Å². The second-order valence-corrected chi connectivity index (χ2v) is 8.07. The van der Waals surface area contributed by atoms with Crippen molar-refractivity contribution in [3.05, 3.63) is 66.6 Å². The van der Waals surface area contributed by atoms with Crippen LogP contribution in [0.1, 0.15) is 31.5 Å². The summed E-state index contributed by atoms with van der Waals surface area (Å²) in [7, 11) is 0. The second kappa shape index (κ2) is 8.37. The van der Waals surface area contributed by atoms with Crippen molar-refractivity contribution in [1.29, 1.82) is 0 Å². The molecule has 1 aromatic carbocycles. The zero-order valence-corrected chi connectivity index (χ0v) is 17.7. The number of carbonyl (C=O) groups excluding carboxylic acids is 1. The molecule has 4 aromatic rings. The fourth-order valence-corrected chi connectivity index (χ4v) is 4.21. The van der Waals surface area contributed by atoms with Gasteiger partial charge in [-0.3, -0.25) is 9.78 Å². The van der Waals surface area contributed by atoms with Crippen molar-refractivity contribution >= 4 is 28.3 Å². The van der Waals surface area contributed by atoms with Gasteiger partial charge in [-0.2, -0.15) is 0 Å². The predicted octanol–water partition coefficient (Wildman–Crippen LogP) is 4.63. The number of carbonyl (C=O) groups is 1. The first-order chi connectivity index (χ1) is 15.6. The molecule has 162 valence electrons. The van der Waals surface area contributed by atoms with Gasteiger partial charge in [-0.05, 0) is 37.1 Å². The standard InChI is InChI=1S/C24H23FN6O/c1-15(32)31-9-3-4-17(14-31)24-29-21(20-13-26-12-16-7-8-27-23(16)20)11-22(30-24)28-19-6-2-5-18(25)10-19/h2,5-8,10-13,17,27H,3-4,9,14H2,1H3,(H,28,29,30). The fraction of sp³-hybridized carbons (Fsp3) is 0.250. The Kier molecular flexibility index (Phi) is 5.26. The number of likely N-dealkylation sites (tertiary alicyclic amines) is 1. The fourth-order valence-electron chi connectivity index (χ4n) is 4.21. The number of H-pyrrole nitrogens is 1. The molecular formula is C24H23FN6O. The third-order valence-electron chi connectivity index (χ3n) is 5.81. The molecule has 1 aliphatic heterocycles. The lowest BCUT2D eigenvalue weighted by Gasteiger charge is -2.31. The maximum Gasteiger partial charge on any atom is 0.219 e. The van der Waals surface area contributed by atoms with Gasteiger partial charge < -0.3 is 15.2 Å². The molecule has 1 unspecified atom stereocenters. The van der Waals surface area contributed by atoms with Crippen LogP contribution in [0.5, 0.6) is 0 Å². The Labute approximate surface area is 184 Å². The van der Waals surface area contributed by atoms with Crippen LogP contribution >= 0.6 is 0 Å². The van der Waals surface area contributed by atoms with Crippen molar-refractivity contribution in [2.75, 3.05) is 18.4 Å². The van der Waals surface area contributed by atoms with E-state index in [0.717, 1.165) is 41.5 Å². The first kappa shape index (κ1) is 20.1.